The molecular weight excluding hydrogens is 284 g/mol. The van der Waals surface area contributed by atoms with E-state index in [1.165, 1.54) is 0 Å². The Balaban J connectivity index is 2.57. The van der Waals surface area contributed by atoms with Crippen LogP contribution in [-0.2, 0) is 4.74 Å². The summed E-state index contributed by atoms with van der Waals surface area (Å²) in [5.41, 5.74) is 0. The van der Waals surface area contributed by atoms with Crippen molar-refractivity contribution in [3.8, 4) is 0 Å². The normalized spacial score (nSPS) is 21.8. The number of hydrogen-bond acceptors (Lipinski definition) is 3. The molecule has 0 aromatic carbocycles. The van der Waals surface area contributed by atoms with Crippen molar-refractivity contribution >= 4 is 14.2 Å². The smallest absolute Gasteiger partial charge is 0.407 e. The van der Waals surface area contributed by atoms with E-state index in [0.717, 1.165) is 0 Å². The van der Waals surface area contributed by atoms with E-state index >= 15 is 0 Å². The number of carbonyl (C=O) groups excluding carboxylic acids is 1. The quantitative estimate of drug-likeness (QED) is 0.742. The predicted molar refractivity (Wildman–Crippen MR) is 75.8 cm³/mol. The van der Waals surface area contributed by atoms with Crippen LogP contribution in [0.5, 0.6) is 0 Å². The van der Waals surface area contributed by atoms with E-state index in [-0.39, 0.29) is 25.4 Å². The zero-order valence-corrected chi connectivity index (χ0v) is 13.6. The number of hydrogen-bond donors (Lipinski definition) is 2. The van der Waals surface area contributed by atoms with Crippen molar-refractivity contribution in [1.82, 2.24) is 5.32 Å². The molecule has 118 valence electrons. The molecule has 1 aliphatic rings. The summed E-state index contributed by atoms with van der Waals surface area (Å²) in [5.74, 6) is -2.87. The standard InChI is InChI=1S/C13H25F2NO3Si/c1-9(7-17)16-12(18)19-11(8-20(2,3)4)10-5-13(14,15)6-10/h9-11,17H,5-8H2,1-4H3,(H,16,18). The Hall–Kier alpha value is -0.693. The lowest BCUT2D eigenvalue weighted by atomic mass is 9.78. The molecule has 0 bridgehead atoms. The SMILES string of the molecule is CC(CO)NC(=O)OC(C[Si](C)(C)C)C1CC(F)(F)C1. The van der Waals surface area contributed by atoms with E-state index in [1.54, 1.807) is 6.92 Å². The van der Waals surface area contributed by atoms with E-state index < -0.39 is 32.2 Å². The lowest BCUT2D eigenvalue weighted by Crippen LogP contribution is -2.48. The monoisotopic (exact) mass is 309 g/mol. The fourth-order valence-corrected chi connectivity index (χ4v) is 3.92. The van der Waals surface area contributed by atoms with Gasteiger partial charge in [-0.2, -0.15) is 0 Å². The second-order valence-corrected chi connectivity index (χ2v) is 12.5. The van der Waals surface area contributed by atoms with Gasteiger partial charge in [-0.25, -0.2) is 13.6 Å². The van der Waals surface area contributed by atoms with Crippen molar-refractivity contribution in [1.29, 1.82) is 0 Å². The van der Waals surface area contributed by atoms with Crippen LogP contribution in [0.25, 0.3) is 0 Å². The van der Waals surface area contributed by atoms with Gasteiger partial charge in [0.15, 0.2) is 0 Å². The number of halogens is 2. The van der Waals surface area contributed by atoms with Crippen LogP contribution >= 0.6 is 0 Å². The average molecular weight is 309 g/mol. The van der Waals surface area contributed by atoms with Gasteiger partial charge in [0.1, 0.15) is 6.10 Å². The number of carbonyl (C=O) groups is 1. The van der Waals surface area contributed by atoms with E-state index in [9.17, 15) is 13.6 Å². The molecule has 2 atom stereocenters. The Labute approximate surface area is 119 Å². The topological polar surface area (TPSA) is 58.6 Å². The third-order valence-corrected chi connectivity index (χ3v) is 4.98. The van der Waals surface area contributed by atoms with Gasteiger partial charge >= 0.3 is 6.09 Å². The summed E-state index contributed by atoms with van der Waals surface area (Å²) in [7, 11) is -1.53. The summed E-state index contributed by atoms with van der Waals surface area (Å²) >= 11 is 0. The highest BCUT2D eigenvalue weighted by atomic mass is 28.3. The van der Waals surface area contributed by atoms with Gasteiger partial charge in [0.05, 0.1) is 12.6 Å². The lowest BCUT2D eigenvalue weighted by Gasteiger charge is -2.41. The van der Waals surface area contributed by atoms with Gasteiger partial charge in [0.25, 0.3) is 0 Å². The van der Waals surface area contributed by atoms with Crippen LogP contribution in [0, 0.1) is 5.92 Å². The van der Waals surface area contributed by atoms with Gasteiger partial charge in [-0.3, -0.25) is 0 Å². The Morgan fingerprint density at radius 2 is 2.00 bits per heavy atom. The molecule has 7 heteroatoms. The molecule has 20 heavy (non-hydrogen) atoms. The maximum Gasteiger partial charge on any atom is 0.407 e. The minimum atomic E-state index is -2.61. The molecule has 1 saturated carbocycles. The highest BCUT2D eigenvalue weighted by molar-refractivity contribution is 6.76. The summed E-state index contributed by atoms with van der Waals surface area (Å²) < 4.78 is 31.3. The number of amides is 1. The minimum Gasteiger partial charge on any atom is -0.446 e. The minimum absolute atomic E-state index is 0.185. The van der Waals surface area contributed by atoms with Crippen molar-refractivity contribution in [2.75, 3.05) is 6.61 Å². The molecule has 4 nitrogen and oxygen atoms in total. The van der Waals surface area contributed by atoms with Crippen LogP contribution in [0.4, 0.5) is 13.6 Å². The molecule has 0 aliphatic heterocycles. The number of alkyl carbamates (subject to hydrolysis) is 1. The molecule has 0 spiro atoms. The lowest BCUT2D eigenvalue weighted by molar-refractivity contribution is -0.138. The summed E-state index contributed by atoms with van der Waals surface area (Å²) in [6, 6.07) is 0.271. The molecule has 1 amide bonds. The average Bonchev–Trinajstić information content (AvgIpc) is 2.22. The van der Waals surface area contributed by atoms with Gasteiger partial charge < -0.3 is 15.2 Å². The van der Waals surface area contributed by atoms with E-state index in [4.69, 9.17) is 9.84 Å². The van der Waals surface area contributed by atoms with Crippen LogP contribution in [0.3, 0.4) is 0 Å². The van der Waals surface area contributed by atoms with Crippen molar-refractivity contribution in [2.24, 2.45) is 5.92 Å². The first-order valence-electron chi connectivity index (χ1n) is 6.98. The third kappa shape index (κ3) is 5.74. The van der Waals surface area contributed by atoms with E-state index in [2.05, 4.69) is 25.0 Å². The zero-order chi connectivity index (χ0) is 15.6. The molecule has 1 rings (SSSR count). The summed E-state index contributed by atoms with van der Waals surface area (Å²) in [6.07, 6.45) is -1.49. The zero-order valence-electron chi connectivity index (χ0n) is 12.6. The molecule has 1 aliphatic carbocycles. The first kappa shape index (κ1) is 17.4. The highest BCUT2D eigenvalue weighted by Gasteiger charge is 2.50. The Bertz CT molecular complexity index is 339. The number of aliphatic hydroxyl groups is 1. The number of ether oxygens (including phenoxy) is 1. The van der Waals surface area contributed by atoms with Gasteiger partial charge in [-0.15, -0.1) is 0 Å². The first-order valence-corrected chi connectivity index (χ1v) is 10.7. The fourth-order valence-electron chi connectivity index (χ4n) is 2.30. The molecule has 0 aromatic rings. The molecule has 0 aromatic heterocycles. The second kappa shape index (κ2) is 6.38. The molecule has 0 radical (unpaired) electrons. The summed E-state index contributed by atoms with van der Waals surface area (Å²) in [6.45, 7) is 7.82. The highest BCUT2D eigenvalue weighted by Crippen LogP contribution is 2.46. The van der Waals surface area contributed by atoms with Crippen molar-refractivity contribution < 1.29 is 23.4 Å². The van der Waals surface area contributed by atoms with Crippen LogP contribution in [0.15, 0.2) is 0 Å². The molecular formula is C13H25F2NO3Si. The summed E-state index contributed by atoms with van der Waals surface area (Å²) in [4.78, 5) is 11.7. The molecule has 0 saturated heterocycles. The van der Waals surface area contributed by atoms with Gasteiger partial charge in [0, 0.05) is 26.8 Å². The van der Waals surface area contributed by atoms with Gasteiger partial charge in [-0.1, -0.05) is 19.6 Å². The van der Waals surface area contributed by atoms with Gasteiger partial charge in [-0.05, 0) is 13.0 Å². The van der Waals surface area contributed by atoms with Crippen LogP contribution in [-0.4, -0.2) is 43.9 Å². The van der Waals surface area contributed by atoms with Crippen molar-refractivity contribution in [3.63, 3.8) is 0 Å². The summed E-state index contributed by atoms with van der Waals surface area (Å²) in [5, 5.41) is 11.4. The predicted octanol–water partition coefficient (Wildman–Crippen LogP) is 2.85. The molecule has 1 fully saturated rings. The van der Waals surface area contributed by atoms with E-state index in [0.29, 0.717) is 6.04 Å². The van der Waals surface area contributed by atoms with Crippen molar-refractivity contribution in [2.45, 2.75) is 63.5 Å². The van der Waals surface area contributed by atoms with Crippen LogP contribution < -0.4 is 5.32 Å². The number of alkyl halides is 2. The number of aliphatic hydroxyl groups excluding tert-OH is 1. The Morgan fingerprint density at radius 3 is 2.40 bits per heavy atom. The molecule has 0 heterocycles. The third-order valence-electron chi connectivity index (χ3n) is 3.36. The van der Waals surface area contributed by atoms with E-state index in [1.807, 2.05) is 0 Å². The maximum atomic E-state index is 13.0. The van der Waals surface area contributed by atoms with Crippen LogP contribution in [0.1, 0.15) is 19.8 Å². The number of rotatable bonds is 6. The maximum absolute atomic E-state index is 13.0. The largest absolute Gasteiger partial charge is 0.446 e. The molecule has 2 unspecified atom stereocenters. The Morgan fingerprint density at radius 1 is 1.45 bits per heavy atom. The Kier molecular flexibility index (Phi) is 5.54. The van der Waals surface area contributed by atoms with Crippen LogP contribution in [0.2, 0.25) is 25.7 Å². The number of nitrogens with one attached hydrogen (secondary N) is 1. The molecule has 2 N–H and O–H groups in total. The second-order valence-electron chi connectivity index (χ2n) is 6.96. The van der Waals surface area contributed by atoms with Crippen molar-refractivity contribution in [3.05, 3.63) is 0 Å². The first-order chi connectivity index (χ1) is 9.02. The van der Waals surface area contributed by atoms with Gasteiger partial charge in [0.2, 0.25) is 5.92 Å². The fraction of sp³-hybridized carbons (Fsp3) is 0.923.